The molecule has 2 heteroatoms. The Labute approximate surface area is 65.3 Å². The summed E-state index contributed by atoms with van der Waals surface area (Å²) in [6.07, 6.45) is 0. The summed E-state index contributed by atoms with van der Waals surface area (Å²) in [6, 6.07) is 0. The summed E-state index contributed by atoms with van der Waals surface area (Å²) in [5.74, 6) is 0. The maximum Gasteiger partial charge on any atom is 0.0248 e. The van der Waals surface area contributed by atoms with Gasteiger partial charge in [-0.3, -0.25) is 4.90 Å². The first-order chi connectivity index (χ1) is 4.77. The lowest BCUT2D eigenvalue weighted by atomic mass is 10.2. The topological polar surface area (TPSA) is 3.24 Å². The maximum atomic E-state index is 2.35. The van der Waals surface area contributed by atoms with Crippen LogP contribution in [0.1, 0.15) is 16.0 Å². The van der Waals surface area contributed by atoms with E-state index >= 15 is 0 Å². The van der Waals surface area contributed by atoms with Crippen LogP contribution in [-0.4, -0.2) is 11.9 Å². The number of hydrogen-bond acceptors (Lipinski definition) is 2. The Hall–Kier alpha value is -0.340. The van der Waals surface area contributed by atoms with E-state index in [0.29, 0.717) is 0 Å². The van der Waals surface area contributed by atoms with Gasteiger partial charge in [-0.15, -0.1) is 11.3 Å². The predicted molar refractivity (Wildman–Crippen MR) is 44.2 cm³/mol. The number of nitrogens with zero attached hydrogens (tertiary/aromatic N) is 1. The quantitative estimate of drug-likeness (QED) is 0.551. The average Bonchev–Trinajstić information content (AvgIpc) is 2.35. The molecule has 0 atom stereocenters. The van der Waals surface area contributed by atoms with Gasteiger partial charge in [-0.05, 0) is 30.5 Å². The molecule has 1 aliphatic heterocycles. The highest BCUT2D eigenvalue weighted by molar-refractivity contribution is 7.10. The molecule has 0 saturated carbocycles. The van der Waals surface area contributed by atoms with Gasteiger partial charge in [-0.1, -0.05) is 0 Å². The molecule has 0 fully saturated rings. The lowest BCUT2D eigenvalue weighted by molar-refractivity contribution is 0.352. The molecule has 0 unspecified atom stereocenters. The van der Waals surface area contributed by atoms with Gasteiger partial charge in [0.25, 0.3) is 0 Å². The van der Waals surface area contributed by atoms with Crippen LogP contribution in [0.3, 0.4) is 0 Å². The van der Waals surface area contributed by atoms with Gasteiger partial charge in [0.1, 0.15) is 0 Å². The Morgan fingerprint density at radius 1 is 1.50 bits per heavy atom. The monoisotopic (exact) mass is 153 g/mol. The van der Waals surface area contributed by atoms with Crippen molar-refractivity contribution in [3.63, 3.8) is 0 Å². The molecule has 0 amide bonds. The molecule has 1 aliphatic rings. The molecule has 1 aromatic heterocycles. The second-order valence-electron chi connectivity index (χ2n) is 2.97. The number of thiophene rings is 1. The van der Waals surface area contributed by atoms with E-state index in [1.807, 2.05) is 11.3 Å². The van der Waals surface area contributed by atoms with Crippen LogP contribution >= 0.6 is 11.3 Å². The molecule has 0 aliphatic carbocycles. The highest BCUT2D eigenvalue weighted by Gasteiger charge is 2.17. The molecule has 54 valence electrons. The summed E-state index contributed by atoms with van der Waals surface area (Å²) in [6.45, 7) is 4.52. The SMILES string of the molecule is Cc1scc2c1CN(C)C2. The van der Waals surface area contributed by atoms with Gasteiger partial charge < -0.3 is 0 Å². The fourth-order valence-corrected chi connectivity index (χ4v) is 2.36. The number of fused-ring (bicyclic) bond motifs is 1. The molecular formula is C8H11NS. The third-order valence-electron chi connectivity index (χ3n) is 2.06. The zero-order chi connectivity index (χ0) is 7.14. The smallest absolute Gasteiger partial charge is 0.0248 e. The van der Waals surface area contributed by atoms with Gasteiger partial charge in [0.15, 0.2) is 0 Å². The molecule has 1 nitrogen and oxygen atoms in total. The summed E-state index contributed by atoms with van der Waals surface area (Å²) < 4.78 is 0. The molecule has 1 aromatic rings. The van der Waals surface area contributed by atoms with Gasteiger partial charge in [0.05, 0.1) is 0 Å². The first-order valence-corrected chi connectivity index (χ1v) is 4.39. The number of rotatable bonds is 0. The standard InChI is InChI=1S/C8H11NS/c1-6-8-4-9(2)3-7(8)5-10-6/h5H,3-4H2,1-2H3. The highest BCUT2D eigenvalue weighted by atomic mass is 32.1. The minimum Gasteiger partial charge on any atom is -0.298 e. The summed E-state index contributed by atoms with van der Waals surface area (Å²) in [5, 5.41) is 2.29. The van der Waals surface area contributed by atoms with Crippen molar-refractivity contribution in [2.45, 2.75) is 20.0 Å². The normalized spacial score (nSPS) is 17.8. The van der Waals surface area contributed by atoms with Crippen molar-refractivity contribution in [2.75, 3.05) is 7.05 Å². The van der Waals surface area contributed by atoms with Crippen molar-refractivity contribution in [3.05, 3.63) is 21.4 Å². The lowest BCUT2D eigenvalue weighted by Gasteiger charge is -2.04. The van der Waals surface area contributed by atoms with Crippen LogP contribution in [-0.2, 0) is 13.1 Å². The Morgan fingerprint density at radius 3 is 3.00 bits per heavy atom. The molecule has 2 heterocycles. The largest absolute Gasteiger partial charge is 0.298 e. The second kappa shape index (κ2) is 2.07. The fraction of sp³-hybridized carbons (Fsp3) is 0.500. The van der Waals surface area contributed by atoms with Gasteiger partial charge in [0.2, 0.25) is 0 Å². The molecular weight excluding hydrogens is 142 g/mol. The van der Waals surface area contributed by atoms with Crippen LogP contribution in [0.25, 0.3) is 0 Å². The van der Waals surface area contributed by atoms with E-state index in [0.717, 1.165) is 13.1 Å². The van der Waals surface area contributed by atoms with E-state index in [4.69, 9.17) is 0 Å². The summed E-state index contributed by atoms with van der Waals surface area (Å²) in [5.41, 5.74) is 3.12. The van der Waals surface area contributed by atoms with Crippen molar-refractivity contribution in [1.82, 2.24) is 4.90 Å². The Balaban J connectivity index is 2.44. The molecule has 2 rings (SSSR count). The number of hydrogen-bond donors (Lipinski definition) is 0. The summed E-state index contributed by atoms with van der Waals surface area (Å²) in [4.78, 5) is 3.85. The maximum absolute atomic E-state index is 2.35. The van der Waals surface area contributed by atoms with Gasteiger partial charge in [0, 0.05) is 18.0 Å². The van der Waals surface area contributed by atoms with Gasteiger partial charge in [-0.2, -0.15) is 0 Å². The predicted octanol–water partition coefficient (Wildman–Crippen LogP) is 2.00. The fourth-order valence-electron chi connectivity index (χ4n) is 1.49. The molecule has 0 bridgehead atoms. The lowest BCUT2D eigenvalue weighted by Crippen LogP contribution is -2.07. The van der Waals surface area contributed by atoms with E-state index in [1.54, 1.807) is 11.1 Å². The first kappa shape index (κ1) is 6.38. The third-order valence-corrected chi connectivity index (χ3v) is 3.06. The molecule has 0 spiro atoms. The zero-order valence-electron chi connectivity index (χ0n) is 6.35. The minimum absolute atomic E-state index is 1.15. The zero-order valence-corrected chi connectivity index (χ0v) is 7.16. The van der Waals surface area contributed by atoms with Crippen LogP contribution in [0, 0.1) is 6.92 Å². The second-order valence-corrected chi connectivity index (χ2v) is 4.05. The van der Waals surface area contributed by atoms with Crippen molar-refractivity contribution in [3.8, 4) is 0 Å². The Kier molecular flexibility index (Phi) is 1.32. The van der Waals surface area contributed by atoms with E-state index in [1.165, 1.54) is 4.88 Å². The summed E-state index contributed by atoms with van der Waals surface area (Å²) >= 11 is 1.88. The van der Waals surface area contributed by atoms with Crippen molar-refractivity contribution < 1.29 is 0 Å². The minimum atomic E-state index is 1.15. The van der Waals surface area contributed by atoms with Crippen LogP contribution in [0.5, 0.6) is 0 Å². The van der Waals surface area contributed by atoms with Crippen molar-refractivity contribution in [2.24, 2.45) is 0 Å². The number of aryl methyl sites for hydroxylation is 1. The Morgan fingerprint density at radius 2 is 2.30 bits per heavy atom. The Bertz CT molecular complexity index is 252. The average molecular weight is 153 g/mol. The molecule has 0 aromatic carbocycles. The van der Waals surface area contributed by atoms with E-state index in [2.05, 4.69) is 24.3 Å². The van der Waals surface area contributed by atoms with E-state index < -0.39 is 0 Å². The van der Waals surface area contributed by atoms with Gasteiger partial charge in [-0.25, -0.2) is 0 Å². The van der Waals surface area contributed by atoms with Crippen molar-refractivity contribution in [1.29, 1.82) is 0 Å². The van der Waals surface area contributed by atoms with E-state index in [9.17, 15) is 0 Å². The van der Waals surface area contributed by atoms with E-state index in [-0.39, 0.29) is 0 Å². The molecule has 10 heavy (non-hydrogen) atoms. The van der Waals surface area contributed by atoms with Crippen LogP contribution in [0.2, 0.25) is 0 Å². The van der Waals surface area contributed by atoms with Crippen molar-refractivity contribution >= 4 is 11.3 Å². The summed E-state index contributed by atoms with van der Waals surface area (Å²) in [7, 11) is 2.17. The highest BCUT2D eigenvalue weighted by Crippen LogP contribution is 2.29. The third kappa shape index (κ3) is 0.796. The van der Waals surface area contributed by atoms with Crippen LogP contribution in [0.4, 0.5) is 0 Å². The molecule has 0 radical (unpaired) electrons. The molecule has 0 N–H and O–H groups in total. The van der Waals surface area contributed by atoms with Crippen LogP contribution in [0.15, 0.2) is 5.38 Å². The van der Waals surface area contributed by atoms with Gasteiger partial charge >= 0.3 is 0 Å². The van der Waals surface area contributed by atoms with Crippen LogP contribution < -0.4 is 0 Å². The molecule has 0 saturated heterocycles. The first-order valence-electron chi connectivity index (χ1n) is 3.52.